The van der Waals surface area contributed by atoms with Crippen LogP contribution in [-0.4, -0.2) is 166 Å². The van der Waals surface area contributed by atoms with Crippen molar-refractivity contribution in [3.63, 3.8) is 0 Å². The smallest absolute Gasteiger partial charge is 0.330 e. The summed E-state index contributed by atoms with van der Waals surface area (Å²) in [6.07, 6.45) is -16.1. The Bertz CT molecular complexity index is 2260. The first-order chi connectivity index (χ1) is 30.9. The van der Waals surface area contributed by atoms with Gasteiger partial charge in [-0.25, -0.2) is 4.79 Å². The predicted molar refractivity (Wildman–Crippen MR) is 211 cm³/mol. The van der Waals surface area contributed by atoms with Crippen molar-refractivity contribution in [3.8, 4) is 11.5 Å². The quantitative estimate of drug-likeness (QED) is 0.0314. The van der Waals surface area contributed by atoms with E-state index in [4.69, 9.17) is 43.4 Å². The van der Waals surface area contributed by atoms with E-state index < -0.39 is 129 Å². The van der Waals surface area contributed by atoms with Crippen molar-refractivity contribution in [2.75, 3.05) is 13.2 Å². The fraction of sp³-hybridized carbons (Fsp3) is 0.357. The number of phenols is 2. The summed E-state index contributed by atoms with van der Waals surface area (Å²) in [7, 11) is 0. The minimum Gasteiger partial charge on any atom is -0.571 e. The van der Waals surface area contributed by atoms with Crippen molar-refractivity contribution in [3.05, 3.63) is 107 Å². The number of benzene rings is 2. The molecule has 0 radical (unpaired) electrons. The zero-order chi connectivity index (χ0) is 47.1. The van der Waals surface area contributed by atoms with Crippen molar-refractivity contribution in [2.24, 2.45) is 0 Å². The Kier molecular flexibility index (Phi) is 15.1. The first kappa shape index (κ1) is 47.5. The molecule has 3 heterocycles. The molecule has 11 N–H and O–H groups in total. The van der Waals surface area contributed by atoms with Crippen LogP contribution >= 0.6 is 0 Å². The Labute approximate surface area is 366 Å². The lowest BCUT2D eigenvalue weighted by Gasteiger charge is -2.42. The van der Waals surface area contributed by atoms with Crippen LogP contribution in [-0.2, 0) is 57.1 Å². The number of carboxylic acid groups (broad SMARTS) is 2. The molecule has 2 fully saturated rings. The van der Waals surface area contributed by atoms with Gasteiger partial charge in [0.25, 0.3) is 0 Å². The molecule has 348 valence electrons. The molecule has 4 aliphatic rings. The number of phenolic OH excluding ortho intramolecular Hbond substituents is 2. The molecular formula is C42H43O23+. The van der Waals surface area contributed by atoms with Crippen molar-refractivity contribution in [2.45, 2.75) is 80.4 Å². The number of ether oxygens (including phenoxy) is 8. The van der Waals surface area contributed by atoms with Gasteiger partial charge in [0.1, 0.15) is 91.8 Å². The predicted octanol–water partition coefficient (Wildman–Crippen LogP) is -1.11. The van der Waals surface area contributed by atoms with E-state index in [0.29, 0.717) is 11.1 Å². The van der Waals surface area contributed by atoms with Gasteiger partial charge in [-0.1, -0.05) is 12.1 Å². The molecule has 2 aromatic rings. The number of aromatic hydroxyl groups is 2. The zero-order valence-corrected chi connectivity index (χ0v) is 33.5. The Morgan fingerprint density at radius 3 is 1.91 bits per heavy atom. The highest BCUT2D eigenvalue weighted by Gasteiger charge is 2.50. The Morgan fingerprint density at radius 2 is 1.25 bits per heavy atom. The summed E-state index contributed by atoms with van der Waals surface area (Å²) in [5.41, 5.74) is 0.890. The maximum Gasteiger partial charge on any atom is 0.330 e. The number of hydrogen-bond acceptors (Lipinski definition) is 20. The van der Waals surface area contributed by atoms with E-state index in [1.807, 2.05) is 0 Å². The third-order valence-corrected chi connectivity index (χ3v) is 9.90. The van der Waals surface area contributed by atoms with E-state index in [0.717, 1.165) is 12.2 Å². The number of esters is 3. The number of carbonyl (C=O) groups is 5. The van der Waals surface area contributed by atoms with Crippen LogP contribution in [0.1, 0.15) is 24.0 Å². The van der Waals surface area contributed by atoms with Gasteiger partial charge in [-0.3, -0.25) is 19.2 Å². The number of aliphatic carboxylic acids is 2. The molecule has 0 bridgehead atoms. The van der Waals surface area contributed by atoms with Crippen molar-refractivity contribution in [1.29, 1.82) is 0 Å². The van der Waals surface area contributed by atoms with E-state index in [1.165, 1.54) is 66.8 Å². The van der Waals surface area contributed by atoms with Gasteiger partial charge in [-0.15, -0.1) is 0 Å². The molecule has 0 saturated carbocycles. The number of carboxylic acids is 2. The number of carbonyl (C=O) groups excluding carboxylic acids is 3. The van der Waals surface area contributed by atoms with E-state index in [2.05, 4.69) is 4.74 Å². The van der Waals surface area contributed by atoms with Gasteiger partial charge in [-0.05, 0) is 48.0 Å². The second kappa shape index (κ2) is 20.7. The van der Waals surface area contributed by atoms with Crippen LogP contribution in [0.5, 0.6) is 11.5 Å². The number of fused-ring (bicyclic) bond motifs is 1. The van der Waals surface area contributed by atoms with Crippen molar-refractivity contribution >= 4 is 41.7 Å². The molecule has 0 aromatic heterocycles. The van der Waals surface area contributed by atoms with Crippen LogP contribution in [0.25, 0.3) is 11.8 Å². The van der Waals surface area contributed by atoms with E-state index in [9.17, 15) is 64.8 Å². The largest absolute Gasteiger partial charge is 0.571 e. The summed E-state index contributed by atoms with van der Waals surface area (Å²) in [4.78, 5) is 59.0. The highest BCUT2D eigenvalue weighted by Crippen LogP contribution is 2.39. The third-order valence-electron chi connectivity index (χ3n) is 9.90. The number of rotatable bonds is 16. The maximum atomic E-state index is 12.5. The lowest BCUT2D eigenvalue weighted by atomic mass is 9.96. The topological polar surface area (TPSA) is 365 Å². The molecule has 11 unspecified atom stereocenters. The zero-order valence-electron chi connectivity index (χ0n) is 33.5. The molecule has 23 heteroatoms. The third kappa shape index (κ3) is 12.0. The number of aliphatic hydroxyl groups is 8. The highest BCUT2D eigenvalue weighted by molar-refractivity contribution is 5.90. The monoisotopic (exact) mass is 915 g/mol. The molecule has 2 saturated heterocycles. The first-order valence-electron chi connectivity index (χ1n) is 19.4. The number of hydrogen-bond donors (Lipinski definition) is 10. The standard InChI is InChI=1S/C42H42O23/c43-20-6-1-18(2-7-20)3-10-31(50)58-16-27-34(53)35(54)37(56)41(63-27)62-26-13-23-24(60-39(26)19-4-8-21(44)9-5-19)11-22(45)12-25(23)61-42-38(57)36(55)40(65-33(52)15-30(48)49)28(64-42)17-59-32(51)14-29(46)47/h1-13,24,27-28,34-38,40-45,53-57H,14-17H2,(H,46,47)(H,48,49)/p+1. The molecule has 65 heavy (non-hydrogen) atoms. The summed E-state index contributed by atoms with van der Waals surface area (Å²) in [6.45, 7) is -1.54. The summed E-state index contributed by atoms with van der Waals surface area (Å²) in [5.74, 6) is -7.77. The van der Waals surface area contributed by atoms with Crippen LogP contribution in [0.4, 0.5) is 0 Å². The van der Waals surface area contributed by atoms with Gasteiger partial charge in [0, 0.05) is 18.2 Å². The number of aliphatic hydroxyl groups excluding tert-OH is 6. The molecule has 11 atom stereocenters. The SMILES string of the molecule is O=C(O)CC(=O)OCC1OC(OC2=CC(O)=CC3[OH+]C(c4ccc(O)cc4)=C(OC4OC(COC(=O)C=Cc5ccc(O)cc5)C(O)C(O)C4O)C=C23)C(O)C(O)C1OC(=O)CC(=O)O. The van der Waals surface area contributed by atoms with E-state index in [-0.39, 0.29) is 34.3 Å². The lowest BCUT2D eigenvalue weighted by molar-refractivity contribution is -0.295. The minimum absolute atomic E-state index is 0.0106. The van der Waals surface area contributed by atoms with Gasteiger partial charge < -0.3 is 89.0 Å². The minimum atomic E-state index is -2.11. The highest BCUT2D eigenvalue weighted by atomic mass is 16.7. The van der Waals surface area contributed by atoms with Crippen LogP contribution in [0.3, 0.4) is 0 Å². The molecule has 2 aromatic carbocycles. The van der Waals surface area contributed by atoms with Gasteiger partial charge in [0.15, 0.2) is 6.10 Å². The van der Waals surface area contributed by atoms with Crippen molar-refractivity contribution < 1.29 is 113 Å². The Hall–Kier alpha value is -6.99. The number of allylic oxidation sites excluding steroid dienone is 2. The molecular weight excluding hydrogens is 872 g/mol. The maximum absolute atomic E-state index is 12.5. The molecule has 0 amide bonds. The fourth-order valence-corrected chi connectivity index (χ4v) is 6.68. The molecule has 6 rings (SSSR count). The van der Waals surface area contributed by atoms with Gasteiger partial charge in [-0.2, -0.15) is 0 Å². The summed E-state index contributed by atoms with van der Waals surface area (Å²) in [5, 5.41) is 103. The molecule has 23 nitrogen and oxygen atoms in total. The summed E-state index contributed by atoms with van der Waals surface area (Å²) >= 11 is 0. The summed E-state index contributed by atoms with van der Waals surface area (Å²) in [6, 6.07) is 11.4. The first-order valence-corrected chi connectivity index (χ1v) is 19.4. The second-order valence-electron chi connectivity index (χ2n) is 14.6. The van der Waals surface area contributed by atoms with Gasteiger partial charge in [0.05, 0.1) is 17.2 Å². The fourth-order valence-electron chi connectivity index (χ4n) is 6.68. The van der Waals surface area contributed by atoms with Gasteiger partial charge in [0.2, 0.25) is 24.4 Å². The van der Waals surface area contributed by atoms with Crippen LogP contribution < -0.4 is 0 Å². The second-order valence-corrected chi connectivity index (χ2v) is 14.6. The van der Waals surface area contributed by atoms with Crippen LogP contribution in [0.15, 0.2) is 95.7 Å². The average molecular weight is 916 g/mol. The Balaban J connectivity index is 1.26. The molecule has 3 aliphatic heterocycles. The van der Waals surface area contributed by atoms with Crippen LogP contribution in [0, 0.1) is 0 Å². The van der Waals surface area contributed by atoms with E-state index in [1.54, 1.807) is 0 Å². The average Bonchev–Trinajstić information content (AvgIpc) is 3.25. The van der Waals surface area contributed by atoms with E-state index >= 15 is 0 Å². The molecule has 1 aliphatic carbocycles. The normalized spacial score (nSPS) is 28.6. The lowest BCUT2D eigenvalue weighted by Crippen LogP contribution is -2.60. The van der Waals surface area contributed by atoms with Crippen LogP contribution in [0.2, 0.25) is 0 Å². The van der Waals surface area contributed by atoms with Gasteiger partial charge >= 0.3 is 35.6 Å². The Morgan fingerprint density at radius 1 is 0.662 bits per heavy atom. The van der Waals surface area contributed by atoms with Crippen molar-refractivity contribution in [1.82, 2.24) is 0 Å². The molecule has 0 spiro atoms. The summed E-state index contributed by atoms with van der Waals surface area (Å²) < 4.78 is 43.4.